The summed E-state index contributed by atoms with van der Waals surface area (Å²) in [5, 5.41) is 4.13. The maximum absolute atomic E-state index is 13.1. The van der Waals surface area contributed by atoms with E-state index in [1.165, 1.54) is 37.9 Å². The van der Waals surface area contributed by atoms with Crippen LogP contribution in [0.1, 0.15) is 24.8 Å². The third-order valence-corrected chi connectivity index (χ3v) is 4.24. The number of nitrogens with zero attached hydrogens (tertiary/aromatic N) is 1. The Labute approximate surface area is 112 Å². The molecule has 1 atom stereocenters. The summed E-state index contributed by atoms with van der Waals surface area (Å²) in [6.07, 6.45) is 3.91. The SMILES string of the molecule is Fc1ccc(Cl)c(CNC2CCN(C3CC3)C2)c1. The zero-order valence-electron chi connectivity index (χ0n) is 10.3. The normalized spacial score (nSPS) is 24.7. The van der Waals surface area contributed by atoms with Crippen LogP contribution in [0.2, 0.25) is 5.02 Å². The zero-order chi connectivity index (χ0) is 12.5. The van der Waals surface area contributed by atoms with Crippen molar-refractivity contribution in [2.24, 2.45) is 0 Å². The molecule has 0 bridgehead atoms. The molecule has 0 radical (unpaired) electrons. The predicted octanol–water partition coefficient (Wildman–Crippen LogP) is 2.81. The standard InChI is InChI=1S/C14H18ClFN2/c15-14-4-1-11(16)7-10(14)8-17-12-5-6-18(9-12)13-2-3-13/h1,4,7,12-13,17H,2-3,5-6,8-9H2. The van der Waals surface area contributed by atoms with Gasteiger partial charge in [-0.25, -0.2) is 4.39 Å². The van der Waals surface area contributed by atoms with Gasteiger partial charge in [-0.05, 0) is 43.0 Å². The number of halogens is 2. The molecular weight excluding hydrogens is 251 g/mol. The molecule has 1 aliphatic heterocycles. The van der Waals surface area contributed by atoms with Crippen LogP contribution in [0.25, 0.3) is 0 Å². The Bertz CT molecular complexity index is 434. The Morgan fingerprint density at radius 1 is 1.33 bits per heavy atom. The predicted molar refractivity (Wildman–Crippen MR) is 71.2 cm³/mol. The summed E-state index contributed by atoms with van der Waals surface area (Å²) in [7, 11) is 0. The second-order valence-electron chi connectivity index (χ2n) is 5.33. The lowest BCUT2D eigenvalue weighted by Gasteiger charge is -2.16. The second-order valence-corrected chi connectivity index (χ2v) is 5.74. The van der Waals surface area contributed by atoms with E-state index >= 15 is 0 Å². The second kappa shape index (κ2) is 5.16. The van der Waals surface area contributed by atoms with Crippen molar-refractivity contribution in [3.8, 4) is 0 Å². The van der Waals surface area contributed by atoms with E-state index in [1.807, 2.05) is 0 Å². The van der Waals surface area contributed by atoms with Gasteiger partial charge in [-0.2, -0.15) is 0 Å². The first-order valence-electron chi connectivity index (χ1n) is 6.64. The van der Waals surface area contributed by atoms with Crippen LogP contribution in [0.4, 0.5) is 4.39 Å². The van der Waals surface area contributed by atoms with E-state index in [0.29, 0.717) is 17.6 Å². The van der Waals surface area contributed by atoms with Gasteiger partial charge in [0.25, 0.3) is 0 Å². The maximum Gasteiger partial charge on any atom is 0.123 e. The van der Waals surface area contributed by atoms with Gasteiger partial charge in [-0.1, -0.05) is 11.6 Å². The molecule has 1 N–H and O–H groups in total. The fraction of sp³-hybridized carbons (Fsp3) is 0.571. The molecule has 1 aliphatic carbocycles. The monoisotopic (exact) mass is 268 g/mol. The van der Waals surface area contributed by atoms with Crippen LogP contribution in [-0.2, 0) is 6.54 Å². The number of hydrogen-bond donors (Lipinski definition) is 1. The maximum atomic E-state index is 13.1. The number of rotatable bonds is 4. The van der Waals surface area contributed by atoms with Crippen LogP contribution in [0.5, 0.6) is 0 Å². The third kappa shape index (κ3) is 2.85. The Balaban J connectivity index is 1.53. The molecule has 3 rings (SSSR count). The van der Waals surface area contributed by atoms with Crippen molar-refractivity contribution in [2.75, 3.05) is 13.1 Å². The Kier molecular flexibility index (Phi) is 3.55. The van der Waals surface area contributed by atoms with Crippen molar-refractivity contribution in [3.63, 3.8) is 0 Å². The molecule has 0 aromatic heterocycles. The molecule has 1 aromatic carbocycles. The molecule has 4 heteroatoms. The van der Waals surface area contributed by atoms with Gasteiger partial charge >= 0.3 is 0 Å². The minimum absolute atomic E-state index is 0.220. The Hall–Kier alpha value is -0.640. The van der Waals surface area contributed by atoms with E-state index in [9.17, 15) is 4.39 Å². The summed E-state index contributed by atoms with van der Waals surface area (Å²) >= 11 is 6.05. The van der Waals surface area contributed by atoms with E-state index in [-0.39, 0.29) is 5.82 Å². The van der Waals surface area contributed by atoms with Gasteiger partial charge < -0.3 is 5.32 Å². The minimum Gasteiger partial charge on any atom is -0.309 e. The van der Waals surface area contributed by atoms with Gasteiger partial charge in [-0.3, -0.25) is 4.90 Å². The summed E-state index contributed by atoms with van der Waals surface area (Å²) in [6, 6.07) is 5.90. The van der Waals surface area contributed by atoms with Crippen molar-refractivity contribution < 1.29 is 4.39 Å². The molecule has 1 heterocycles. The number of hydrogen-bond acceptors (Lipinski definition) is 2. The van der Waals surface area contributed by atoms with Gasteiger partial charge in [0.1, 0.15) is 5.82 Å². The van der Waals surface area contributed by atoms with E-state index in [1.54, 1.807) is 6.07 Å². The quantitative estimate of drug-likeness (QED) is 0.903. The largest absolute Gasteiger partial charge is 0.309 e. The summed E-state index contributed by atoms with van der Waals surface area (Å²) < 4.78 is 13.1. The van der Waals surface area contributed by atoms with Crippen molar-refractivity contribution >= 4 is 11.6 Å². The average Bonchev–Trinajstić information content (AvgIpc) is 3.10. The topological polar surface area (TPSA) is 15.3 Å². The lowest BCUT2D eigenvalue weighted by Crippen LogP contribution is -2.32. The average molecular weight is 269 g/mol. The summed E-state index contributed by atoms with van der Waals surface area (Å²) in [5.41, 5.74) is 0.849. The van der Waals surface area contributed by atoms with Crippen LogP contribution in [0, 0.1) is 5.82 Å². The Morgan fingerprint density at radius 2 is 2.17 bits per heavy atom. The molecule has 1 saturated heterocycles. The lowest BCUT2D eigenvalue weighted by molar-refractivity contribution is 0.317. The summed E-state index contributed by atoms with van der Waals surface area (Å²) in [5.74, 6) is -0.220. The molecule has 0 spiro atoms. The van der Waals surface area contributed by atoms with Crippen molar-refractivity contribution in [2.45, 2.75) is 37.9 Å². The highest BCUT2D eigenvalue weighted by Crippen LogP contribution is 2.29. The zero-order valence-corrected chi connectivity index (χ0v) is 11.1. The van der Waals surface area contributed by atoms with E-state index in [4.69, 9.17) is 11.6 Å². The van der Waals surface area contributed by atoms with Crippen LogP contribution in [0.15, 0.2) is 18.2 Å². The molecular formula is C14H18ClFN2. The smallest absolute Gasteiger partial charge is 0.123 e. The fourth-order valence-corrected chi connectivity index (χ4v) is 2.84. The van der Waals surface area contributed by atoms with Crippen molar-refractivity contribution in [3.05, 3.63) is 34.6 Å². The molecule has 1 saturated carbocycles. The highest BCUT2D eigenvalue weighted by molar-refractivity contribution is 6.31. The van der Waals surface area contributed by atoms with Crippen LogP contribution < -0.4 is 5.32 Å². The molecule has 0 amide bonds. The fourth-order valence-electron chi connectivity index (χ4n) is 2.66. The molecule has 1 unspecified atom stereocenters. The van der Waals surface area contributed by atoms with Gasteiger partial charge in [-0.15, -0.1) is 0 Å². The highest BCUT2D eigenvalue weighted by atomic mass is 35.5. The minimum atomic E-state index is -0.220. The van der Waals surface area contributed by atoms with Gasteiger partial charge in [0, 0.05) is 36.7 Å². The van der Waals surface area contributed by atoms with Gasteiger partial charge in [0.05, 0.1) is 0 Å². The van der Waals surface area contributed by atoms with Crippen molar-refractivity contribution in [1.29, 1.82) is 0 Å². The molecule has 1 aromatic rings. The first kappa shape index (κ1) is 12.4. The molecule has 98 valence electrons. The van der Waals surface area contributed by atoms with Crippen molar-refractivity contribution in [1.82, 2.24) is 10.2 Å². The lowest BCUT2D eigenvalue weighted by atomic mass is 10.2. The highest BCUT2D eigenvalue weighted by Gasteiger charge is 2.34. The van der Waals surface area contributed by atoms with E-state index in [0.717, 1.165) is 18.2 Å². The summed E-state index contributed by atoms with van der Waals surface area (Å²) in [6.45, 7) is 2.97. The Morgan fingerprint density at radius 3 is 2.94 bits per heavy atom. The van der Waals surface area contributed by atoms with Gasteiger partial charge in [0.2, 0.25) is 0 Å². The first-order valence-corrected chi connectivity index (χ1v) is 7.01. The van der Waals surface area contributed by atoms with Crippen LogP contribution in [-0.4, -0.2) is 30.1 Å². The first-order chi connectivity index (χ1) is 8.72. The molecule has 18 heavy (non-hydrogen) atoms. The molecule has 2 fully saturated rings. The third-order valence-electron chi connectivity index (χ3n) is 3.87. The molecule has 2 nitrogen and oxygen atoms in total. The van der Waals surface area contributed by atoms with Crippen LogP contribution in [0.3, 0.4) is 0 Å². The number of nitrogens with one attached hydrogen (secondary N) is 1. The summed E-state index contributed by atoms with van der Waals surface area (Å²) in [4.78, 5) is 2.56. The number of likely N-dealkylation sites (tertiary alicyclic amines) is 1. The number of benzene rings is 1. The van der Waals surface area contributed by atoms with E-state index in [2.05, 4.69) is 10.2 Å². The molecule has 2 aliphatic rings. The van der Waals surface area contributed by atoms with E-state index < -0.39 is 0 Å². The van der Waals surface area contributed by atoms with Crippen LogP contribution >= 0.6 is 11.6 Å². The van der Waals surface area contributed by atoms with Gasteiger partial charge in [0.15, 0.2) is 0 Å².